The molecule has 1 fully saturated rings. The number of imidazole rings is 1. The normalized spacial score (nSPS) is 20.5. The van der Waals surface area contributed by atoms with Gasteiger partial charge in [0.1, 0.15) is 0 Å². The van der Waals surface area contributed by atoms with E-state index >= 15 is 0 Å². The third kappa shape index (κ3) is 3.15. The molecule has 128 valence electrons. The van der Waals surface area contributed by atoms with E-state index in [1.165, 1.54) is 0 Å². The highest BCUT2D eigenvalue weighted by Gasteiger charge is 2.26. The molecule has 2 atom stereocenters. The van der Waals surface area contributed by atoms with Crippen LogP contribution in [0.1, 0.15) is 19.8 Å². The maximum Gasteiger partial charge on any atom is 0.229 e. The molecular formula is C20H22N4O. The van der Waals surface area contributed by atoms with E-state index in [4.69, 9.17) is 0 Å². The molecule has 4 rings (SSSR count). The van der Waals surface area contributed by atoms with Crippen molar-refractivity contribution in [3.63, 3.8) is 0 Å². The van der Waals surface area contributed by atoms with Crippen molar-refractivity contribution in [2.75, 3.05) is 11.9 Å². The Morgan fingerprint density at radius 1 is 1.16 bits per heavy atom. The monoisotopic (exact) mass is 334 g/mol. The highest BCUT2D eigenvalue weighted by atomic mass is 16.2. The summed E-state index contributed by atoms with van der Waals surface area (Å²) < 4.78 is 2.01. The van der Waals surface area contributed by atoms with Crippen molar-refractivity contribution in [1.29, 1.82) is 0 Å². The lowest BCUT2D eigenvalue weighted by Gasteiger charge is -2.27. The number of benzene rings is 2. The molecular weight excluding hydrogens is 312 g/mol. The third-order valence-corrected chi connectivity index (χ3v) is 4.80. The van der Waals surface area contributed by atoms with E-state index < -0.39 is 0 Å². The summed E-state index contributed by atoms with van der Waals surface area (Å²) in [7, 11) is 0. The number of para-hydroxylation sites is 3. The van der Waals surface area contributed by atoms with Gasteiger partial charge in [-0.15, -0.1) is 0 Å². The maximum atomic E-state index is 12.8. The van der Waals surface area contributed by atoms with Crippen LogP contribution in [-0.4, -0.2) is 28.0 Å². The SMILES string of the molecule is C[C@H]1C[C@@H](C(=O)Nc2nc3ccccc3n2-c2ccccc2)CCN1. The smallest absolute Gasteiger partial charge is 0.229 e. The van der Waals surface area contributed by atoms with Crippen LogP contribution in [-0.2, 0) is 4.79 Å². The summed E-state index contributed by atoms with van der Waals surface area (Å²) in [6, 6.07) is 18.3. The molecule has 1 saturated heterocycles. The van der Waals surface area contributed by atoms with Crippen LogP contribution >= 0.6 is 0 Å². The molecule has 0 aliphatic carbocycles. The van der Waals surface area contributed by atoms with E-state index in [0.717, 1.165) is 36.1 Å². The van der Waals surface area contributed by atoms with Gasteiger partial charge in [-0.05, 0) is 50.6 Å². The van der Waals surface area contributed by atoms with Crippen LogP contribution in [0.4, 0.5) is 5.95 Å². The van der Waals surface area contributed by atoms with Gasteiger partial charge in [0.25, 0.3) is 0 Å². The van der Waals surface area contributed by atoms with Crippen molar-refractivity contribution in [2.24, 2.45) is 5.92 Å². The van der Waals surface area contributed by atoms with Gasteiger partial charge in [0.05, 0.1) is 11.0 Å². The predicted molar refractivity (Wildman–Crippen MR) is 99.9 cm³/mol. The van der Waals surface area contributed by atoms with Crippen molar-refractivity contribution in [3.8, 4) is 5.69 Å². The van der Waals surface area contributed by atoms with Gasteiger partial charge >= 0.3 is 0 Å². The highest BCUT2D eigenvalue weighted by molar-refractivity contribution is 5.94. The minimum absolute atomic E-state index is 0.0280. The fraction of sp³-hybridized carbons (Fsp3) is 0.300. The number of hydrogen-bond donors (Lipinski definition) is 2. The van der Waals surface area contributed by atoms with Crippen molar-refractivity contribution < 1.29 is 4.79 Å². The van der Waals surface area contributed by atoms with Gasteiger partial charge in [-0.3, -0.25) is 14.7 Å². The maximum absolute atomic E-state index is 12.8. The fourth-order valence-electron chi connectivity index (χ4n) is 3.53. The second kappa shape index (κ2) is 6.69. The van der Waals surface area contributed by atoms with Crippen LogP contribution in [0.2, 0.25) is 0 Å². The Balaban J connectivity index is 1.70. The molecule has 0 spiro atoms. The standard InChI is InChI=1S/C20H22N4O/c1-14-13-15(11-12-21-14)19(25)23-20-22-17-9-5-6-10-18(17)24(20)16-7-3-2-4-8-16/h2-10,14-15,21H,11-13H2,1H3,(H,22,23,25)/t14-,15-/m0/s1. The number of nitrogens with zero attached hydrogens (tertiary/aromatic N) is 2. The zero-order valence-corrected chi connectivity index (χ0v) is 14.3. The second-order valence-electron chi connectivity index (χ2n) is 6.66. The first kappa shape index (κ1) is 15.8. The molecule has 2 aromatic carbocycles. The number of anilines is 1. The Bertz CT molecular complexity index is 887. The number of amides is 1. The summed E-state index contributed by atoms with van der Waals surface area (Å²) in [5, 5.41) is 6.46. The van der Waals surface area contributed by atoms with Crippen LogP contribution in [0, 0.1) is 5.92 Å². The average molecular weight is 334 g/mol. The number of rotatable bonds is 3. The Morgan fingerprint density at radius 2 is 1.92 bits per heavy atom. The zero-order valence-electron chi connectivity index (χ0n) is 14.3. The number of aromatic nitrogens is 2. The van der Waals surface area contributed by atoms with Crippen LogP contribution < -0.4 is 10.6 Å². The molecule has 0 saturated carbocycles. The van der Waals surface area contributed by atoms with Crippen molar-refractivity contribution in [3.05, 3.63) is 54.6 Å². The molecule has 0 unspecified atom stereocenters. The lowest BCUT2D eigenvalue weighted by Crippen LogP contribution is -2.40. The Kier molecular flexibility index (Phi) is 4.24. The summed E-state index contributed by atoms with van der Waals surface area (Å²) in [6.45, 7) is 3.01. The van der Waals surface area contributed by atoms with Crippen LogP contribution in [0.25, 0.3) is 16.7 Å². The molecule has 1 aliphatic heterocycles. The number of hydrogen-bond acceptors (Lipinski definition) is 3. The van der Waals surface area contributed by atoms with Crippen LogP contribution in [0.15, 0.2) is 54.6 Å². The van der Waals surface area contributed by atoms with Crippen molar-refractivity contribution in [2.45, 2.75) is 25.8 Å². The van der Waals surface area contributed by atoms with Gasteiger partial charge in [-0.1, -0.05) is 30.3 Å². The number of carbonyl (C=O) groups is 1. The summed E-state index contributed by atoms with van der Waals surface area (Å²) in [6.07, 6.45) is 1.72. The summed E-state index contributed by atoms with van der Waals surface area (Å²) in [5.74, 6) is 0.671. The van der Waals surface area contributed by atoms with E-state index in [1.807, 2.05) is 59.2 Å². The van der Waals surface area contributed by atoms with E-state index in [9.17, 15) is 4.79 Å². The molecule has 2 N–H and O–H groups in total. The largest absolute Gasteiger partial charge is 0.314 e. The van der Waals surface area contributed by atoms with E-state index in [2.05, 4.69) is 22.5 Å². The van der Waals surface area contributed by atoms with Crippen molar-refractivity contribution >= 4 is 22.9 Å². The van der Waals surface area contributed by atoms with Gasteiger partial charge < -0.3 is 5.32 Å². The topological polar surface area (TPSA) is 59.0 Å². The summed E-state index contributed by atoms with van der Waals surface area (Å²) >= 11 is 0. The fourth-order valence-corrected chi connectivity index (χ4v) is 3.53. The average Bonchev–Trinajstić information content (AvgIpc) is 3.00. The molecule has 1 amide bonds. The molecule has 3 aromatic rings. The molecule has 0 bridgehead atoms. The Labute approximate surface area is 147 Å². The Morgan fingerprint density at radius 3 is 2.72 bits per heavy atom. The van der Waals surface area contributed by atoms with Gasteiger partial charge in [0.2, 0.25) is 11.9 Å². The second-order valence-corrected chi connectivity index (χ2v) is 6.66. The molecule has 1 aromatic heterocycles. The zero-order chi connectivity index (χ0) is 17.2. The lowest BCUT2D eigenvalue weighted by atomic mass is 9.92. The number of nitrogens with one attached hydrogen (secondary N) is 2. The lowest BCUT2D eigenvalue weighted by molar-refractivity contribution is -0.120. The Hall–Kier alpha value is -2.66. The minimum Gasteiger partial charge on any atom is -0.314 e. The molecule has 5 nitrogen and oxygen atoms in total. The number of fused-ring (bicyclic) bond motifs is 1. The number of carbonyl (C=O) groups excluding carboxylic acids is 1. The van der Waals surface area contributed by atoms with E-state index in [-0.39, 0.29) is 11.8 Å². The molecule has 5 heteroatoms. The summed E-state index contributed by atoms with van der Waals surface area (Å²) in [4.78, 5) is 17.4. The highest BCUT2D eigenvalue weighted by Crippen LogP contribution is 2.26. The van der Waals surface area contributed by atoms with Gasteiger partial charge in [0.15, 0.2) is 0 Å². The minimum atomic E-state index is 0.0280. The molecule has 0 radical (unpaired) electrons. The van der Waals surface area contributed by atoms with E-state index in [1.54, 1.807) is 0 Å². The first-order valence-electron chi connectivity index (χ1n) is 8.79. The third-order valence-electron chi connectivity index (χ3n) is 4.80. The quantitative estimate of drug-likeness (QED) is 0.772. The first-order valence-corrected chi connectivity index (χ1v) is 8.79. The van der Waals surface area contributed by atoms with Gasteiger partial charge in [-0.25, -0.2) is 4.98 Å². The molecule has 25 heavy (non-hydrogen) atoms. The predicted octanol–water partition coefficient (Wildman–Crippen LogP) is 3.35. The van der Waals surface area contributed by atoms with E-state index in [0.29, 0.717) is 12.0 Å². The molecule has 1 aliphatic rings. The molecule has 2 heterocycles. The van der Waals surface area contributed by atoms with Crippen molar-refractivity contribution in [1.82, 2.24) is 14.9 Å². The van der Waals surface area contributed by atoms with Gasteiger partial charge in [-0.2, -0.15) is 0 Å². The van der Waals surface area contributed by atoms with Gasteiger partial charge in [0, 0.05) is 17.6 Å². The first-order chi connectivity index (χ1) is 12.2. The van der Waals surface area contributed by atoms with Crippen LogP contribution in [0.5, 0.6) is 0 Å². The number of piperidine rings is 1. The summed E-state index contributed by atoms with van der Waals surface area (Å²) in [5.41, 5.74) is 2.85. The van der Waals surface area contributed by atoms with Crippen LogP contribution in [0.3, 0.4) is 0 Å².